The fraction of sp³-hybridized carbons (Fsp3) is 0.353. The van der Waals surface area contributed by atoms with Crippen LogP contribution in [0.3, 0.4) is 0 Å². The molecule has 0 spiro atoms. The average molecular weight is 270 g/mol. The van der Waals surface area contributed by atoms with Crippen molar-refractivity contribution in [1.29, 1.82) is 0 Å². The number of nitrogens with one attached hydrogen (secondary N) is 1. The van der Waals surface area contributed by atoms with E-state index in [-0.39, 0.29) is 0 Å². The van der Waals surface area contributed by atoms with Crippen LogP contribution in [0.2, 0.25) is 0 Å². The first-order valence-electron chi connectivity index (χ1n) is 6.90. The summed E-state index contributed by atoms with van der Waals surface area (Å²) in [5, 5.41) is 3.50. The molecule has 0 aliphatic heterocycles. The van der Waals surface area contributed by atoms with Crippen LogP contribution < -0.4 is 10.1 Å². The van der Waals surface area contributed by atoms with Crippen molar-refractivity contribution in [3.8, 4) is 5.75 Å². The molecule has 0 saturated heterocycles. The highest BCUT2D eigenvalue weighted by atomic mass is 16.5. The molecule has 3 nitrogen and oxygen atoms in total. The first-order valence-corrected chi connectivity index (χ1v) is 6.90. The van der Waals surface area contributed by atoms with Gasteiger partial charge in [-0.1, -0.05) is 29.8 Å². The van der Waals surface area contributed by atoms with E-state index in [1.165, 1.54) is 11.1 Å². The second-order valence-corrected chi connectivity index (χ2v) is 5.16. The number of rotatable bonds is 5. The normalized spacial score (nSPS) is 12.2. The van der Waals surface area contributed by atoms with Gasteiger partial charge in [0.05, 0.1) is 12.8 Å². The van der Waals surface area contributed by atoms with Gasteiger partial charge in [-0.05, 0) is 26.3 Å². The summed E-state index contributed by atoms with van der Waals surface area (Å²) in [5.74, 6) is 0.859. The molecule has 0 unspecified atom stereocenters. The zero-order valence-electron chi connectivity index (χ0n) is 12.6. The van der Waals surface area contributed by atoms with Gasteiger partial charge in [-0.15, -0.1) is 0 Å². The highest BCUT2D eigenvalue weighted by molar-refractivity contribution is 5.27. The first-order chi connectivity index (χ1) is 9.58. The topological polar surface area (TPSA) is 34.1 Å². The van der Waals surface area contributed by atoms with E-state index in [1.807, 2.05) is 19.1 Å². The van der Waals surface area contributed by atoms with Gasteiger partial charge < -0.3 is 10.1 Å². The molecule has 0 bridgehead atoms. The van der Waals surface area contributed by atoms with Crippen molar-refractivity contribution in [2.45, 2.75) is 33.4 Å². The van der Waals surface area contributed by atoms with Crippen LogP contribution >= 0.6 is 0 Å². The average Bonchev–Trinajstić information content (AvgIpc) is 2.44. The smallest absolute Gasteiger partial charge is 0.122 e. The third-order valence-electron chi connectivity index (χ3n) is 3.35. The van der Waals surface area contributed by atoms with Crippen LogP contribution in [0.25, 0.3) is 0 Å². The third-order valence-corrected chi connectivity index (χ3v) is 3.35. The maximum atomic E-state index is 5.28. The van der Waals surface area contributed by atoms with Crippen molar-refractivity contribution >= 4 is 0 Å². The zero-order valence-corrected chi connectivity index (χ0v) is 12.6. The van der Waals surface area contributed by atoms with Crippen LogP contribution in [-0.2, 0) is 6.54 Å². The van der Waals surface area contributed by atoms with Crippen LogP contribution in [0.15, 0.2) is 36.4 Å². The Labute approximate surface area is 121 Å². The maximum Gasteiger partial charge on any atom is 0.122 e. The van der Waals surface area contributed by atoms with Gasteiger partial charge in [-0.2, -0.15) is 0 Å². The van der Waals surface area contributed by atoms with Gasteiger partial charge in [-0.3, -0.25) is 4.98 Å². The summed E-state index contributed by atoms with van der Waals surface area (Å²) in [7, 11) is 1.68. The largest absolute Gasteiger partial charge is 0.497 e. The third kappa shape index (κ3) is 3.81. The molecule has 1 atom stereocenters. The van der Waals surface area contributed by atoms with Gasteiger partial charge >= 0.3 is 0 Å². The molecule has 1 aromatic heterocycles. The van der Waals surface area contributed by atoms with E-state index in [4.69, 9.17) is 4.74 Å². The number of methoxy groups -OCH3 is 1. The molecule has 0 saturated carbocycles. The van der Waals surface area contributed by atoms with E-state index >= 15 is 0 Å². The van der Waals surface area contributed by atoms with E-state index in [2.05, 4.69) is 48.4 Å². The van der Waals surface area contributed by atoms with Gasteiger partial charge in [0.15, 0.2) is 0 Å². The van der Waals surface area contributed by atoms with Crippen molar-refractivity contribution in [2.24, 2.45) is 0 Å². The van der Waals surface area contributed by atoms with Gasteiger partial charge in [0, 0.05) is 30.4 Å². The Morgan fingerprint density at radius 1 is 1.20 bits per heavy atom. The monoisotopic (exact) mass is 270 g/mol. The molecule has 0 fully saturated rings. The lowest BCUT2D eigenvalue weighted by molar-refractivity contribution is 0.412. The molecule has 0 radical (unpaired) electrons. The first kappa shape index (κ1) is 14.5. The van der Waals surface area contributed by atoms with Crippen molar-refractivity contribution in [3.05, 3.63) is 58.9 Å². The summed E-state index contributed by atoms with van der Waals surface area (Å²) in [6, 6.07) is 12.8. The van der Waals surface area contributed by atoms with Crippen LogP contribution in [0.4, 0.5) is 0 Å². The number of hydrogen-bond acceptors (Lipinski definition) is 3. The lowest BCUT2D eigenvalue weighted by Gasteiger charge is -2.15. The number of nitrogens with zero attached hydrogens (tertiary/aromatic N) is 1. The van der Waals surface area contributed by atoms with Gasteiger partial charge in [0.1, 0.15) is 5.75 Å². The number of benzene rings is 1. The number of pyridine rings is 1. The second-order valence-electron chi connectivity index (χ2n) is 5.16. The molecular formula is C17H22N2O. The van der Waals surface area contributed by atoms with Crippen molar-refractivity contribution in [3.63, 3.8) is 0 Å². The van der Waals surface area contributed by atoms with Crippen LogP contribution in [0.5, 0.6) is 5.75 Å². The molecule has 106 valence electrons. The molecule has 2 aromatic rings. The summed E-state index contributed by atoms with van der Waals surface area (Å²) in [4.78, 5) is 4.52. The number of ether oxygens (including phenoxy) is 1. The Morgan fingerprint density at radius 2 is 2.00 bits per heavy atom. The quantitative estimate of drug-likeness (QED) is 0.902. The molecule has 1 aromatic carbocycles. The molecule has 1 heterocycles. The lowest BCUT2D eigenvalue weighted by Crippen LogP contribution is -2.19. The summed E-state index contributed by atoms with van der Waals surface area (Å²) in [5.41, 5.74) is 4.56. The van der Waals surface area contributed by atoms with E-state index in [9.17, 15) is 0 Å². The minimum absolute atomic E-state index is 0.295. The van der Waals surface area contributed by atoms with Crippen LogP contribution in [0, 0.1) is 13.8 Å². The Bertz CT molecular complexity index is 581. The molecular weight excluding hydrogens is 248 g/mol. The summed E-state index contributed by atoms with van der Waals surface area (Å²) < 4.78 is 5.28. The Morgan fingerprint density at radius 3 is 2.70 bits per heavy atom. The molecule has 3 heteroatoms. The predicted molar refractivity (Wildman–Crippen MR) is 82.0 cm³/mol. The SMILES string of the molecule is COc1cc(C)nc(CN[C@H](C)c2cccc(C)c2)c1. The molecule has 1 N–H and O–H groups in total. The standard InChI is InChI=1S/C17H22N2O/c1-12-6-5-7-15(8-12)14(3)18-11-16-10-17(20-4)9-13(2)19-16/h5-10,14,18H,11H2,1-4H3/t14-/m1/s1. The van der Waals surface area contributed by atoms with E-state index < -0.39 is 0 Å². The fourth-order valence-corrected chi connectivity index (χ4v) is 2.23. The highest BCUT2D eigenvalue weighted by Gasteiger charge is 2.06. The number of hydrogen-bond donors (Lipinski definition) is 1. The zero-order chi connectivity index (χ0) is 14.5. The van der Waals surface area contributed by atoms with Gasteiger partial charge in [0.2, 0.25) is 0 Å². The summed E-state index contributed by atoms with van der Waals surface area (Å²) in [6.07, 6.45) is 0. The molecule has 2 rings (SSSR count). The predicted octanol–water partition coefficient (Wildman–Crippen LogP) is 3.56. The Balaban J connectivity index is 2.03. The van der Waals surface area contributed by atoms with Crippen molar-refractivity contribution < 1.29 is 4.74 Å². The van der Waals surface area contributed by atoms with Crippen molar-refractivity contribution in [1.82, 2.24) is 10.3 Å². The molecule has 0 aliphatic carbocycles. The van der Waals surface area contributed by atoms with Crippen molar-refractivity contribution in [2.75, 3.05) is 7.11 Å². The molecule has 0 amide bonds. The Kier molecular flexibility index (Phi) is 4.74. The fourth-order valence-electron chi connectivity index (χ4n) is 2.23. The lowest BCUT2D eigenvalue weighted by atomic mass is 10.1. The van der Waals surface area contributed by atoms with E-state index in [1.54, 1.807) is 7.11 Å². The van der Waals surface area contributed by atoms with Crippen LogP contribution in [0.1, 0.15) is 35.5 Å². The Hall–Kier alpha value is -1.87. The molecule has 20 heavy (non-hydrogen) atoms. The maximum absolute atomic E-state index is 5.28. The summed E-state index contributed by atoms with van der Waals surface area (Å²) >= 11 is 0. The summed E-state index contributed by atoms with van der Waals surface area (Å²) in [6.45, 7) is 6.99. The second kappa shape index (κ2) is 6.53. The minimum Gasteiger partial charge on any atom is -0.497 e. The number of aryl methyl sites for hydroxylation is 2. The highest BCUT2D eigenvalue weighted by Crippen LogP contribution is 2.16. The van der Waals surface area contributed by atoms with Gasteiger partial charge in [-0.25, -0.2) is 0 Å². The minimum atomic E-state index is 0.295. The van der Waals surface area contributed by atoms with E-state index in [0.29, 0.717) is 6.04 Å². The van der Waals surface area contributed by atoms with Crippen LogP contribution in [-0.4, -0.2) is 12.1 Å². The van der Waals surface area contributed by atoms with E-state index in [0.717, 1.165) is 23.7 Å². The van der Waals surface area contributed by atoms with Gasteiger partial charge in [0.25, 0.3) is 0 Å². The molecule has 0 aliphatic rings. The number of aromatic nitrogens is 1.